The van der Waals surface area contributed by atoms with E-state index in [2.05, 4.69) is 117 Å². The molecule has 0 spiro atoms. The first-order valence-electron chi connectivity index (χ1n) is 14.6. The zero-order chi connectivity index (χ0) is 29.0. The third-order valence-electron chi connectivity index (χ3n) is 8.27. The van der Waals surface area contributed by atoms with E-state index < -0.39 is 0 Å². The minimum Gasteiger partial charge on any atom is -0.308 e. The van der Waals surface area contributed by atoms with Crippen molar-refractivity contribution >= 4 is 43.6 Å². The quantitative estimate of drug-likeness (QED) is 0.214. The number of nitrogens with zero attached hydrogens (tertiary/aromatic N) is 6. The van der Waals surface area contributed by atoms with E-state index in [9.17, 15) is 0 Å². The monoisotopic (exact) mass is 564 g/mol. The summed E-state index contributed by atoms with van der Waals surface area (Å²) in [4.78, 5) is 19.7. The van der Waals surface area contributed by atoms with E-state index in [4.69, 9.17) is 15.0 Å². The van der Waals surface area contributed by atoms with Gasteiger partial charge in [0.1, 0.15) is 0 Å². The van der Waals surface area contributed by atoms with Crippen LogP contribution in [0, 0.1) is 0 Å². The third-order valence-corrected chi connectivity index (χ3v) is 8.27. The molecule has 0 N–H and O–H groups in total. The second kappa shape index (κ2) is 9.71. The molecule has 0 amide bonds. The van der Waals surface area contributed by atoms with Gasteiger partial charge in [0.2, 0.25) is 5.95 Å². The van der Waals surface area contributed by atoms with Crippen molar-refractivity contribution in [2.75, 3.05) is 0 Å². The first-order valence-corrected chi connectivity index (χ1v) is 14.6. The van der Waals surface area contributed by atoms with Gasteiger partial charge in [0.05, 0.1) is 28.3 Å². The van der Waals surface area contributed by atoms with Crippen LogP contribution < -0.4 is 0 Å². The fourth-order valence-electron chi connectivity index (χ4n) is 6.33. The minimum absolute atomic E-state index is 0.581. The molecule has 0 saturated heterocycles. The number of para-hydroxylation sites is 3. The predicted octanol–water partition coefficient (Wildman–Crippen LogP) is 8.79. The number of aromatic nitrogens is 6. The Kier molecular flexibility index (Phi) is 5.40. The van der Waals surface area contributed by atoms with Gasteiger partial charge in [0, 0.05) is 44.6 Å². The van der Waals surface area contributed by atoms with Crippen molar-refractivity contribution in [3.8, 4) is 34.4 Å². The Morgan fingerprint density at radius 2 is 0.955 bits per heavy atom. The average Bonchev–Trinajstić information content (AvgIpc) is 3.62. The molecule has 9 rings (SSSR count). The lowest BCUT2D eigenvalue weighted by molar-refractivity contribution is 0.953. The normalized spacial score (nSPS) is 11.6. The first-order chi connectivity index (χ1) is 21.8. The lowest BCUT2D eigenvalue weighted by Gasteiger charge is -2.12. The number of hydrogen-bond acceptors (Lipinski definition) is 4. The van der Waals surface area contributed by atoms with Crippen molar-refractivity contribution in [1.29, 1.82) is 0 Å². The van der Waals surface area contributed by atoms with Gasteiger partial charge < -0.3 is 4.57 Å². The average molecular weight is 565 g/mol. The molecule has 0 unspecified atom stereocenters. The van der Waals surface area contributed by atoms with Crippen LogP contribution in [0.25, 0.3) is 78.0 Å². The fourth-order valence-corrected chi connectivity index (χ4v) is 6.33. The Labute approximate surface area is 252 Å². The molecular weight excluding hydrogens is 540 g/mol. The van der Waals surface area contributed by atoms with E-state index >= 15 is 0 Å². The summed E-state index contributed by atoms with van der Waals surface area (Å²) in [5, 5.41) is 4.68. The van der Waals surface area contributed by atoms with E-state index in [0.29, 0.717) is 17.6 Å². The summed E-state index contributed by atoms with van der Waals surface area (Å²) in [6.45, 7) is 0. The molecule has 0 aliphatic carbocycles. The van der Waals surface area contributed by atoms with Crippen LogP contribution in [-0.2, 0) is 0 Å². The Hall–Kier alpha value is -6.14. The van der Waals surface area contributed by atoms with Gasteiger partial charge in [-0.05, 0) is 36.4 Å². The molecule has 0 bridgehead atoms. The maximum Gasteiger partial charge on any atom is 0.238 e. The Morgan fingerprint density at radius 3 is 1.64 bits per heavy atom. The molecule has 44 heavy (non-hydrogen) atoms. The molecule has 0 radical (unpaired) electrons. The van der Waals surface area contributed by atoms with Crippen LogP contribution in [-0.4, -0.2) is 29.1 Å². The Morgan fingerprint density at radius 1 is 0.409 bits per heavy atom. The topological polar surface area (TPSA) is 61.4 Å². The van der Waals surface area contributed by atoms with Crippen LogP contribution in [0.15, 0.2) is 146 Å². The molecular formula is C38H24N6. The summed E-state index contributed by atoms with van der Waals surface area (Å²) in [6.07, 6.45) is 3.78. The van der Waals surface area contributed by atoms with Crippen LogP contribution in [0.3, 0.4) is 0 Å². The number of hydrogen-bond donors (Lipinski definition) is 0. The van der Waals surface area contributed by atoms with Gasteiger partial charge in [-0.25, -0.2) is 4.98 Å². The Balaban J connectivity index is 1.30. The van der Waals surface area contributed by atoms with Gasteiger partial charge in [0.25, 0.3) is 0 Å². The van der Waals surface area contributed by atoms with Gasteiger partial charge in [-0.15, -0.1) is 0 Å². The molecule has 4 heterocycles. The number of pyridine rings is 1. The van der Waals surface area contributed by atoms with Crippen LogP contribution in [0.2, 0.25) is 0 Å². The van der Waals surface area contributed by atoms with Crippen molar-refractivity contribution in [2.45, 2.75) is 0 Å². The molecule has 9 aromatic rings. The van der Waals surface area contributed by atoms with E-state index in [1.54, 1.807) is 0 Å². The van der Waals surface area contributed by atoms with Gasteiger partial charge in [-0.2, -0.15) is 9.97 Å². The van der Waals surface area contributed by atoms with E-state index in [1.807, 2.05) is 42.7 Å². The van der Waals surface area contributed by atoms with Crippen LogP contribution in [0.4, 0.5) is 0 Å². The first kappa shape index (κ1) is 24.5. The highest BCUT2D eigenvalue weighted by atomic mass is 15.2. The van der Waals surface area contributed by atoms with E-state index in [1.165, 1.54) is 10.8 Å². The maximum absolute atomic E-state index is 5.14. The molecule has 6 heteroatoms. The zero-order valence-corrected chi connectivity index (χ0v) is 23.5. The molecule has 206 valence electrons. The van der Waals surface area contributed by atoms with Crippen molar-refractivity contribution in [3.63, 3.8) is 0 Å². The molecule has 5 aromatic carbocycles. The summed E-state index contributed by atoms with van der Waals surface area (Å²) >= 11 is 0. The van der Waals surface area contributed by atoms with Gasteiger partial charge in [-0.3, -0.25) is 9.55 Å². The van der Waals surface area contributed by atoms with Gasteiger partial charge in [-0.1, -0.05) is 97.1 Å². The van der Waals surface area contributed by atoms with E-state index in [-0.39, 0.29) is 0 Å². The van der Waals surface area contributed by atoms with Crippen molar-refractivity contribution in [1.82, 2.24) is 29.1 Å². The number of benzene rings is 5. The van der Waals surface area contributed by atoms with E-state index in [0.717, 1.165) is 49.7 Å². The van der Waals surface area contributed by atoms with Gasteiger partial charge >= 0.3 is 0 Å². The Bertz CT molecular complexity index is 2400. The summed E-state index contributed by atoms with van der Waals surface area (Å²) in [5.74, 6) is 1.81. The van der Waals surface area contributed by atoms with Gasteiger partial charge in [0.15, 0.2) is 11.6 Å². The second-order valence-corrected chi connectivity index (χ2v) is 10.8. The van der Waals surface area contributed by atoms with Crippen molar-refractivity contribution in [3.05, 3.63) is 146 Å². The largest absolute Gasteiger partial charge is 0.308 e. The van der Waals surface area contributed by atoms with Crippen LogP contribution in [0.5, 0.6) is 0 Å². The number of fused-ring (bicyclic) bond motifs is 6. The third kappa shape index (κ3) is 3.75. The van der Waals surface area contributed by atoms with Crippen LogP contribution >= 0.6 is 0 Å². The summed E-state index contributed by atoms with van der Waals surface area (Å²) in [6, 6.07) is 45.9. The number of rotatable bonds is 4. The molecule has 0 aliphatic heterocycles. The minimum atomic E-state index is 0.581. The highest BCUT2D eigenvalue weighted by Crippen LogP contribution is 2.34. The molecule has 0 saturated carbocycles. The highest BCUT2D eigenvalue weighted by Gasteiger charge is 2.18. The fraction of sp³-hybridized carbons (Fsp3) is 0. The highest BCUT2D eigenvalue weighted by molar-refractivity contribution is 6.10. The molecule has 4 aromatic heterocycles. The molecule has 0 atom stereocenters. The summed E-state index contributed by atoms with van der Waals surface area (Å²) in [7, 11) is 0. The molecule has 0 fully saturated rings. The summed E-state index contributed by atoms with van der Waals surface area (Å²) in [5.41, 5.74) is 7.13. The molecule has 6 nitrogen and oxygen atoms in total. The van der Waals surface area contributed by atoms with Crippen molar-refractivity contribution < 1.29 is 0 Å². The maximum atomic E-state index is 5.14. The zero-order valence-electron chi connectivity index (χ0n) is 23.5. The SMILES string of the molecule is c1ccc(-c2nc(-c3cccc(-n4c5ccccc5c5ccncc54)c3)nc(-n3c4ccccc4c4ccccc43)n2)cc1. The second-order valence-electron chi connectivity index (χ2n) is 10.8. The predicted molar refractivity (Wildman–Crippen MR) is 177 cm³/mol. The smallest absolute Gasteiger partial charge is 0.238 e. The van der Waals surface area contributed by atoms with Crippen LogP contribution in [0.1, 0.15) is 0 Å². The standard InChI is InChI=1S/C38H24N6/c1-2-11-25(12-3-1)36-40-37(42-38(41-36)44-33-19-8-5-15-28(33)29-16-6-9-20-34(29)44)26-13-10-14-27(23-26)43-32-18-7-4-17-30(32)31-21-22-39-24-35(31)43/h1-24H. The lowest BCUT2D eigenvalue weighted by Crippen LogP contribution is -2.06. The summed E-state index contributed by atoms with van der Waals surface area (Å²) < 4.78 is 4.40. The lowest BCUT2D eigenvalue weighted by atomic mass is 10.1. The van der Waals surface area contributed by atoms with Crippen molar-refractivity contribution in [2.24, 2.45) is 0 Å². The molecule has 0 aliphatic rings.